The van der Waals surface area contributed by atoms with Crippen molar-refractivity contribution in [2.24, 2.45) is 0 Å². The summed E-state index contributed by atoms with van der Waals surface area (Å²) < 4.78 is 0. The van der Waals surface area contributed by atoms with Gasteiger partial charge < -0.3 is 10.4 Å². The average Bonchev–Trinajstić information content (AvgIpc) is 2.55. The summed E-state index contributed by atoms with van der Waals surface area (Å²) in [4.78, 5) is 26.0. The number of nitrogens with one attached hydrogen (secondary N) is 1. The van der Waals surface area contributed by atoms with Gasteiger partial charge in [-0.15, -0.1) is 0 Å². The molecule has 0 radical (unpaired) electrons. The number of carboxylic acids is 1. The van der Waals surface area contributed by atoms with E-state index in [4.69, 9.17) is 0 Å². The second-order valence-corrected chi connectivity index (χ2v) is 6.42. The first-order valence-corrected chi connectivity index (χ1v) is 8.55. The monoisotopic (exact) mass is 316 g/mol. The second-order valence-electron chi connectivity index (χ2n) is 6.42. The summed E-state index contributed by atoms with van der Waals surface area (Å²) in [5, 5.41) is 12.9. The molecular formula is C18H24N2O3. The molecule has 2 unspecified atom stereocenters. The van der Waals surface area contributed by atoms with Crippen LogP contribution in [0.1, 0.15) is 50.7 Å². The number of rotatable bonds is 4. The van der Waals surface area contributed by atoms with Gasteiger partial charge in [0.2, 0.25) is 5.91 Å². The van der Waals surface area contributed by atoms with Crippen LogP contribution >= 0.6 is 0 Å². The summed E-state index contributed by atoms with van der Waals surface area (Å²) in [6, 6.07) is 3.00. The van der Waals surface area contributed by atoms with Gasteiger partial charge in [-0.05, 0) is 61.8 Å². The number of carboxylic acid groups (broad SMARTS) is 1. The molecule has 1 aliphatic heterocycles. The fourth-order valence-corrected chi connectivity index (χ4v) is 3.69. The van der Waals surface area contributed by atoms with Crippen molar-refractivity contribution in [3.63, 3.8) is 0 Å². The van der Waals surface area contributed by atoms with E-state index in [1.807, 2.05) is 19.9 Å². The third-order valence-corrected chi connectivity index (χ3v) is 4.98. The molecule has 3 rings (SSSR count). The fraction of sp³-hybridized carbons (Fsp3) is 0.556. The van der Waals surface area contributed by atoms with E-state index >= 15 is 0 Å². The van der Waals surface area contributed by atoms with E-state index in [1.165, 1.54) is 22.4 Å². The van der Waals surface area contributed by atoms with Crippen LogP contribution in [-0.4, -0.2) is 29.1 Å². The first-order chi connectivity index (χ1) is 11.1. The normalized spacial score (nSPS) is 21.2. The minimum atomic E-state index is -0.943. The zero-order valence-electron chi connectivity index (χ0n) is 13.8. The maximum atomic E-state index is 12.8. The molecule has 1 amide bonds. The minimum absolute atomic E-state index is 0.134. The molecule has 0 saturated carbocycles. The third kappa shape index (κ3) is 2.69. The second kappa shape index (κ2) is 6.22. The van der Waals surface area contributed by atoms with E-state index in [0.717, 1.165) is 30.6 Å². The molecule has 0 saturated heterocycles. The number of aryl methyl sites for hydroxylation is 2. The molecule has 0 bridgehead atoms. The van der Waals surface area contributed by atoms with Crippen molar-refractivity contribution in [2.45, 2.75) is 64.5 Å². The van der Waals surface area contributed by atoms with Gasteiger partial charge in [0.15, 0.2) is 0 Å². The van der Waals surface area contributed by atoms with Gasteiger partial charge >= 0.3 is 5.97 Å². The van der Waals surface area contributed by atoms with Gasteiger partial charge in [-0.2, -0.15) is 0 Å². The van der Waals surface area contributed by atoms with E-state index in [1.54, 1.807) is 0 Å². The molecule has 0 spiro atoms. The topological polar surface area (TPSA) is 69.6 Å². The van der Waals surface area contributed by atoms with Gasteiger partial charge in [0.1, 0.15) is 12.1 Å². The molecule has 1 aromatic carbocycles. The molecule has 2 N–H and O–H groups in total. The van der Waals surface area contributed by atoms with E-state index in [9.17, 15) is 14.7 Å². The fourth-order valence-electron chi connectivity index (χ4n) is 3.69. The molecule has 0 fully saturated rings. The van der Waals surface area contributed by atoms with Gasteiger partial charge in [-0.1, -0.05) is 13.8 Å². The molecular weight excluding hydrogens is 292 g/mol. The molecule has 1 aromatic rings. The zero-order valence-corrected chi connectivity index (χ0v) is 13.8. The zero-order chi connectivity index (χ0) is 16.6. The number of amides is 1. The van der Waals surface area contributed by atoms with E-state index in [-0.39, 0.29) is 11.9 Å². The molecule has 0 aromatic heterocycles. The van der Waals surface area contributed by atoms with Crippen LogP contribution in [0.2, 0.25) is 0 Å². The number of hydrogen-bond acceptors (Lipinski definition) is 3. The van der Waals surface area contributed by atoms with Crippen LogP contribution in [0.25, 0.3) is 0 Å². The molecule has 2 aliphatic rings. The van der Waals surface area contributed by atoms with Crippen molar-refractivity contribution in [1.82, 2.24) is 0 Å². The Morgan fingerprint density at radius 2 is 1.96 bits per heavy atom. The summed E-state index contributed by atoms with van der Waals surface area (Å²) >= 11 is 0. The molecule has 5 heteroatoms. The van der Waals surface area contributed by atoms with Gasteiger partial charge in [0.05, 0.1) is 11.4 Å². The molecule has 1 aliphatic carbocycles. The van der Waals surface area contributed by atoms with Crippen LogP contribution in [0.5, 0.6) is 0 Å². The highest BCUT2D eigenvalue weighted by molar-refractivity contribution is 6.08. The molecule has 1 heterocycles. The van der Waals surface area contributed by atoms with E-state index in [0.29, 0.717) is 12.8 Å². The minimum Gasteiger partial charge on any atom is -0.480 e. The average molecular weight is 316 g/mol. The third-order valence-electron chi connectivity index (χ3n) is 4.98. The predicted molar refractivity (Wildman–Crippen MR) is 90.0 cm³/mol. The SMILES string of the molecule is CCC1Nc2cc3c(cc2N(C(CC)C(=O)O)C1=O)CCCC3. The Kier molecular flexibility index (Phi) is 4.28. The Labute approximate surface area is 136 Å². The highest BCUT2D eigenvalue weighted by Gasteiger charge is 2.38. The highest BCUT2D eigenvalue weighted by atomic mass is 16.4. The number of hydrogen-bond donors (Lipinski definition) is 2. The van der Waals surface area contributed by atoms with Gasteiger partial charge in [-0.3, -0.25) is 9.69 Å². The maximum absolute atomic E-state index is 12.8. The number of carbonyl (C=O) groups excluding carboxylic acids is 1. The lowest BCUT2D eigenvalue weighted by atomic mass is 9.89. The summed E-state index contributed by atoms with van der Waals surface area (Å²) in [6.07, 6.45) is 5.45. The summed E-state index contributed by atoms with van der Waals surface area (Å²) in [5.41, 5.74) is 4.21. The van der Waals surface area contributed by atoms with Crippen LogP contribution in [0.3, 0.4) is 0 Å². The number of anilines is 2. The first-order valence-electron chi connectivity index (χ1n) is 8.55. The Morgan fingerprint density at radius 1 is 1.30 bits per heavy atom. The number of fused-ring (bicyclic) bond motifs is 2. The van der Waals surface area contributed by atoms with Crippen molar-refractivity contribution >= 4 is 23.3 Å². The molecule has 23 heavy (non-hydrogen) atoms. The number of benzene rings is 1. The molecule has 5 nitrogen and oxygen atoms in total. The molecule has 2 atom stereocenters. The Hall–Kier alpha value is -2.04. The van der Waals surface area contributed by atoms with Crippen LogP contribution in [0, 0.1) is 0 Å². The maximum Gasteiger partial charge on any atom is 0.326 e. The largest absolute Gasteiger partial charge is 0.480 e. The highest BCUT2D eigenvalue weighted by Crippen LogP contribution is 2.38. The lowest BCUT2D eigenvalue weighted by Gasteiger charge is -2.39. The van der Waals surface area contributed by atoms with Crippen molar-refractivity contribution < 1.29 is 14.7 Å². The van der Waals surface area contributed by atoms with Crippen molar-refractivity contribution in [3.05, 3.63) is 23.3 Å². The lowest BCUT2D eigenvalue weighted by Crippen LogP contribution is -2.54. The van der Waals surface area contributed by atoms with Crippen molar-refractivity contribution in [3.8, 4) is 0 Å². The summed E-state index contributed by atoms with van der Waals surface area (Å²) in [5.74, 6) is -1.08. The van der Waals surface area contributed by atoms with Crippen LogP contribution in [0.15, 0.2) is 12.1 Å². The van der Waals surface area contributed by atoms with E-state index in [2.05, 4.69) is 11.4 Å². The Morgan fingerprint density at radius 3 is 2.52 bits per heavy atom. The number of nitrogens with zero attached hydrogens (tertiary/aromatic N) is 1. The van der Waals surface area contributed by atoms with Crippen LogP contribution in [-0.2, 0) is 22.4 Å². The van der Waals surface area contributed by atoms with Gasteiger partial charge in [-0.25, -0.2) is 4.79 Å². The lowest BCUT2D eigenvalue weighted by molar-refractivity contribution is -0.140. The number of aliphatic carboxylic acids is 1. The molecule has 124 valence electrons. The van der Waals surface area contributed by atoms with Crippen molar-refractivity contribution in [2.75, 3.05) is 10.2 Å². The first kappa shape index (κ1) is 15.8. The Balaban J connectivity index is 2.12. The van der Waals surface area contributed by atoms with Crippen molar-refractivity contribution in [1.29, 1.82) is 0 Å². The standard InChI is InChI=1S/C18H24N2O3/c1-3-13-17(21)20(15(4-2)18(22)23)16-10-12-8-6-5-7-11(12)9-14(16)19-13/h9-10,13,15,19H,3-8H2,1-2H3,(H,22,23). The van der Waals surface area contributed by atoms with Crippen LogP contribution in [0.4, 0.5) is 11.4 Å². The predicted octanol–water partition coefficient (Wildman–Crippen LogP) is 2.97. The quantitative estimate of drug-likeness (QED) is 0.896. The van der Waals surface area contributed by atoms with Crippen LogP contribution < -0.4 is 10.2 Å². The summed E-state index contributed by atoms with van der Waals surface area (Å²) in [6.45, 7) is 3.76. The van der Waals surface area contributed by atoms with E-state index < -0.39 is 12.0 Å². The number of carbonyl (C=O) groups is 2. The van der Waals surface area contributed by atoms with Gasteiger partial charge in [0.25, 0.3) is 0 Å². The smallest absolute Gasteiger partial charge is 0.326 e. The van der Waals surface area contributed by atoms with Gasteiger partial charge in [0, 0.05) is 0 Å². The summed E-state index contributed by atoms with van der Waals surface area (Å²) in [7, 11) is 0. The Bertz CT molecular complexity index is 641.